The van der Waals surface area contributed by atoms with Crippen molar-refractivity contribution >= 4 is 21.7 Å². The van der Waals surface area contributed by atoms with Crippen molar-refractivity contribution in [2.45, 2.75) is 6.54 Å². The summed E-state index contributed by atoms with van der Waals surface area (Å²) in [5, 5.41) is 2.32. The summed E-state index contributed by atoms with van der Waals surface area (Å²) in [7, 11) is 1.91. The number of halogens is 2. The molecule has 0 aliphatic carbocycles. The summed E-state index contributed by atoms with van der Waals surface area (Å²) in [4.78, 5) is 16.9. The summed E-state index contributed by atoms with van der Waals surface area (Å²) in [5.74, 6) is -1.39. The fraction of sp³-hybridized carbons (Fsp3) is 0.0833. The summed E-state index contributed by atoms with van der Waals surface area (Å²) in [5.41, 5.74) is 1.25. The minimum Gasteiger partial charge on any atom is -0.356 e. The van der Waals surface area contributed by atoms with Gasteiger partial charge in [-0.05, 0) is 40.8 Å². The molecule has 2 aromatic heterocycles. The predicted molar refractivity (Wildman–Crippen MR) is 113 cm³/mol. The lowest BCUT2D eigenvalue weighted by atomic mass is 9.99. The standard InChI is InChI=1S/C24H17F2N3O/c1-28-11-15-5-4-7-17(19(15)12-28)16-9-21(25)20(22(26)10-16)13-29-14-27-23-8-3-2-6-18(23)24(29)30/h2-12,14H,13H2,1H3. The first-order chi connectivity index (χ1) is 14.5. The van der Waals surface area contributed by atoms with Gasteiger partial charge in [0.1, 0.15) is 11.6 Å². The molecule has 30 heavy (non-hydrogen) atoms. The summed E-state index contributed by atoms with van der Waals surface area (Å²) in [6, 6.07) is 15.2. The van der Waals surface area contributed by atoms with Gasteiger partial charge in [0.15, 0.2) is 0 Å². The van der Waals surface area contributed by atoms with Crippen LogP contribution in [0.25, 0.3) is 32.8 Å². The van der Waals surface area contributed by atoms with Gasteiger partial charge in [-0.2, -0.15) is 0 Å². The van der Waals surface area contributed by atoms with E-state index in [9.17, 15) is 13.6 Å². The molecule has 0 aliphatic rings. The zero-order valence-corrected chi connectivity index (χ0v) is 16.1. The van der Waals surface area contributed by atoms with Crippen molar-refractivity contribution in [3.8, 4) is 11.1 Å². The lowest BCUT2D eigenvalue weighted by molar-refractivity contribution is 0.541. The molecule has 5 rings (SSSR count). The molecule has 0 radical (unpaired) electrons. The van der Waals surface area contributed by atoms with Gasteiger partial charge in [0.05, 0.1) is 23.8 Å². The van der Waals surface area contributed by atoms with E-state index in [1.165, 1.54) is 23.0 Å². The van der Waals surface area contributed by atoms with E-state index in [0.717, 1.165) is 16.3 Å². The number of aryl methyl sites for hydroxylation is 1. The van der Waals surface area contributed by atoms with E-state index in [4.69, 9.17) is 0 Å². The SMILES string of the molecule is Cn1cc2cccc(-c3cc(F)c(Cn4cnc5ccccc5c4=O)c(F)c3)c2c1. The molecule has 0 saturated heterocycles. The van der Waals surface area contributed by atoms with Gasteiger partial charge in [-0.3, -0.25) is 9.36 Å². The summed E-state index contributed by atoms with van der Waals surface area (Å²) >= 11 is 0. The van der Waals surface area contributed by atoms with Gasteiger partial charge in [-0.25, -0.2) is 13.8 Å². The van der Waals surface area contributed by atoms with Crippen molar-refractivity contribution in [1.82, 2.24) is 14.1 Å². The molecule has 0 amide bonds. The number of hydrogen-bond donors (Lipinski definition) is 0. The van der Waals surface area contributed by atoms with Crippen LogP contribution in [-0.2, 0) is 13.6 Å². The molecule has 0 fully saturated rings. The van der Waals surface area contributed by atoms with Crippen LogP contribution < -0.4 is 5.56 Å². The lowest BCUT2D eigenvalue weighted by Gasteiger charge is -2.11. The quantitative estimate of drug-likeness (QED) is 0.432. The summed E-state index contributed by atoms with van der Waals surface area (Å²) in [6.45, 7) is -0.232. The molecule has 0 saturated carbocycles. The Balaban J connectivity index is 1.59. The highest BCUT2D eigenvalue weighted by Gasteiger charge is 2.16. The maximum Gasteiger partial charge on any atom is 0.261 e. The zero-order chi connectivity index (χ0) is 20.8. The second-order valence-electron chi connectivity index (χ2n) is 7.35. The molecule has 0 aliphatic heterocycles. The van der Waals surface area contributed by atoms with Crippen molar-refractivity contribution in [3.05, 3.63) is 101 Å². The molecular weight excluding hydrogens is 384 g/mol. The maximum atomic E-state index is 15.0. The first-order valence-corrected chi connectivity index (χ1v) is 9.48. The van der Waals surface area contributed by atoms with Crippen LogP contribution in [0.2, 0.25) is 0 Å². The molecule has 6 heteroatoms. The average molecular weight is 401 g/mol. The van der Waals surface area contributed by atoms with Crippen LogP contribution in [0.4, 0.5) is 8.78 Å². The fourth-order valence-corrected chi connectivity index (χ4v) is 3.85. The maximum absolute atomic E-state index is 15.0. The van der Waals surface area contributed by atoms with E-state index in [-0.39, 0.29) is 17.7 Å². The Labute approximate surface area is 170 Å². The Hall–Kier alpha value is -3.80. The van der Waals surface area contributed by atoms with E-state index >= 15 is 0 Å². The van der Waals surface area contributed by atoms with Gasteiger partial charge in [0, 0.05) is 30.4 Å². The zero-order valence-electron chi connectivity index (χ0n) is 16.1. The highest BCUT2D eigenvalue weighted by Crippen LogP contribution is 2.31. The molecule has 3 aromatic carbocycles. The third kappa shape index (κ3) is 2.97. The van der Waals surface area contributed by atoms with E-state index in [0.29, 0.717) is 16.5 Å². The number of fused-ring (bicyclic) bond motifs is 2. The van der Waals surface area contributed by atoms with E-state index < -0.39 is 11.6 Å². The van der Waals surface area contributed by atoms with Gasteiger partial charge in [0.2, 0.25) is 0 Å². The molecule has 0 atom stereocenters. The third-order valence-electron chi connectivity index (χ3n) is 5.33. The molecule has 0 spiro atoms. The predicted octanol–water partition coefficient (Wildman–Crippen LogP) is 4.88. The van der Waals surface area contributed by atoms with Crippen molar-refractivity contribution in [2.75, 3.05) is 0 Å². The minimum atomic E-state index is -0.696. The largest absolute Gasteiger partial charge is 0.356 e. The molecule has 0 unspecified atom stereocenters. The number of hydrogen-bond acceptors (Lipinski definition) is 2. The van der Waals surface area contributed by atoms with Crippen LogP contribution in [0.1, 0.15) is 5.56 Å². The van der Waals surface area contributed by atoms with Gasteiger partial charge in [0.25, 0.3) is 5.56 Å². The summed E-state index contributed by atoms with van der Waals surface area (Å²) in [6.07, 6.45) is 5.20. The molecule has 4 nitrogen and oxygen atoms in total. The highest BCUT2D eigenvalue weighted by molar-refractivity contribution is 5.96. The molecular formula is C24H17F2N3O. The minimum absolute atomic E-state index is 0.168. The van der Waals surface area contributed by atoms with Crippen molar-refractivity contribution < 1.29 is 8.78 Å². The van der Waals surface area contributed by atoms with Crippen LogP contribution in [0.5, 0.6) is 0 Å². The Morgan fingerprint density at radius 3 is 2.50 bits per heavy atom. The Morgan fingerprint density at radius 2 is 1.70 bits per heavy atom. The van der Waals surface area contributed by atoms with Gasteiger partial charge in [-0.15, -0.1) is 0 Å². The van der Waals surface area contributed by atoms with Crippen LogP contribution in [0.3, 0.4) is 0 Å². The normalized spacial score (nSPS) is 11.4. The van der Waals surface area contributed by atoms with Crippen LogP contribution in [-0.4, -0.2) is 14.1 Å². The van der Waals surface area contributed by atoms with E-state index in [1.807, 2.05) is 42.2 Å². The van der Waals surface area contributed by atoms with Crippen LogP contribution >= 0.6 is 0 Å². The number of para-hydroxylation sites is 1. The first kappa shape index (κ1) is 18.2. The van der Waals surface area contributed by atoms with E-state index in [2.05, 4.69) is 4.98 Å². The van der Waals surface area contributed by atoms with Gasteiger partial charge < -0.3 is 4.57 Å². The van der Waals surface area contributed by atoms with Gasteiger partial charge >= 0.3 is 0 Å². The Bertz CT molecular complexity index is 1460. The van der Waals surface area contributed by atoms with E-state index in [1.54, 1.807) is 24.3 Å². The van der Waals surface area contributed by atoms with Crippen molar-refractivity contribution in [2.24, 2.45) is 7.05 Å². The first-order valence-electron chi connectivity index (χ1n) is 9.48. The number of benzene rings is 3. The second-order valence-corrected chi connectivity index (χ2v) is 7.35. The highest BCUT2D eigenvalue weighted by atomic mass is 19.1. The molecule has 0 bridgehead atoms. The molecule has 2 heterocycles. The summed E-state index contributed by atoms with van der Waals surface area (Å²) < 4.78 is 33.0. The number of rotatable bonds is 3. The fourth-order valence-electron chi connectivity index (χ4n) is 3.85. The van der Waals surface area contributed by atoms with Crippen LogP contribution in [0.15, 0.2) is 78.1 Å². The van der Waals surface area contributed by atoms with Gasteiger partial charge in [-0.1, -0.05) is 30.3 Å². The van der Waals surface area contributed by atoms with Crippen molar-refractivity contribution in [3.63, 3.8) is 0 Å². The molecule has 0 N–H and O–H groups in total. The molecule has 148 valence electrons. The number of nitrogens with zero attached hydrogens (tertiary/aromatic N) is 3. The average Bonchev–Trinajstić information content (AvgIpc) is 3.12. The smallest absolute Gasteiger partial charge is 0.261 e. The number of aromatic nitrogens is 3. The van der Waals surface area contributed by atoms with Crippen LogP contribution in [0, 0.1) is 11.6 Å². The Kier molecular flexibility index (Phi) is 4.20. The lowest BCUT2D eigenvalue weighted by Crippen LogP contribution is -2.22. The molecule has 5 aromatic rings. The monoisotopic (exact) mass is 401 g/mol. The second kappa shape index (κ2) is 6.91. The topological polar surface area (TPSA) is 39.8 Å². The van der Waals surface area contributed by atoms with Crippen molar-refractivity contribution in [1.29, 1.82) is 0 Å². The third-order valence-corrected chi connectivity index (χ3v) is 5.33. The Morgan fingerprint density at radius 1 is 0.933 bits per heavy atom.